The van der Waals surface area contributed by atoms with Crippen molar-refractivity contribution in [2.75, 3.05) is 6.54 Å². The molecule has 2 heterocycles. The highest BCUT2D eigenvalue weighted by Crippen LogP contribution is 2.11. The SMILES string of the molecule is O=C(CCn1c(=O)[nH]c2ccsc2c1=O)NCCc1ccccc1. The summed E-state index contributed by atoms with van der Waals surface area (Å²) in [5.41, 5.74) is 0.857. The number of carbonyl (C=O) groups is 1. The van der Waals surface area contributed by atoms with E-state index in [9.17, 15) is 14.4 Å². The first-order valence-corrected chi connectivity index (χ1v) is 8.54. The highest BCUT2D eigenvalue weighted by molar-refractivity contribution is 7.17. The number of nitrogens with one attached hydrogen (secondary N) is 2. The van der Waals surface area contributed by atoms with E-state index in [-0.39, 0.29) is 24.4 Å². The summed E-state index contributed by atoms with van der Waals surface area (Å²) in [6.07, 6.45) is 0.836. The van der Waals surface area contributed by atoms with E-state index in [4.69, 9.17) is 0 Å². The average Bonchev–Trinajstić information content (AvgIpc) is 3.04. The molecule has 0 unspecified atom stereocenters. The van der Waals surface area contributed by atoms with Gasteiger partial charge in [0.1, 0.15) is 4.70 Å². The van der Waals surface area contributed by atoms with Gasteiger partial charge in [0.25, 0.3) is 5.56 Å². The molecule has 2 aromatic heterocycles. The van der Waals surface area contributed by atoms with Crippen LogP contribution in [-0.4, -0.2) is 22.0 Å². The number of aromatic amines is 1. The molecule has 0 aliphatic heterocycles. The number of benzene rings is 1. The Morgan fingerprint density at radius 2 is 1.96 bits per heavy atom. The van der Waals surface area contributed by atoms with Gasteiger partial charge in [-0.3, -0.25) is 14.2 Å². The average molecular weight is 343 g/mol. The predicted molar refractivity (Wildman–Crippen MR) is 94.5 cm³/mol. The van der Waals surface area contributed by atoms with Crippen LogP contribution in [0.3, 0.4) is 0 Å². The van der Waals surface area contributed by atoms with Crippen molar-refractivity contribution in [1.82, 2.24) is 14.9 Å². The van der Waals surface area contributed by atoms with Crippen LogP contribution in [0.2, 0.25) is 0 Å². The maximum atomic E-state index is 12.2. The van der Waals surface area contributed by atoms with Crippen LogP contribution in [0.5, 0.6) is 0 Å². The Balaban J connectivity index is 1.57. The van der Waals surface area contributed by atoms with Gasteiger partial charge in [-0.05, 0) is 23.4 Å². The highest BCUT2D eigenvalue weighted by Gasteiger charge is 2.10. The molecule has 0 atom stereocenters. The molecular weight excluding hydrogens is 326 g/mol. The number of nitrogens with zero attached hydrogens (tertiary/aromatic N) is 1. The van der Waals surface area contributed by atoms with Gasteiger partial charge in [0.2, 0.25) is 5.91 Å². The lowest BCUT2D eigenvalue weighted by Crippen LogP contribution is -2.36. The van der Waals surface area contributed by atoms with Crippen molar-refractivity contribution >= 4 is 27.5 Å². The molecule has 7 heteroatoms. The van der Waals surface area contributed by atoms with Crippen LogP contribution >= 0.6 is 11.3 Å². The molecule has 3 rings (SSSR count). The van der Waals surface area contributed by atoms with Gasteiger partial charge in [-0.1, -0.05) is 30.3 Å². The van der Waals surface area contributed by atoms with Crippen LogP contribution < -0.4 is 16.6 Å². The maximum Gasteiger partial charge on any atom is 0.328 e. The Bertz CT molecular complexity index is 956. The van der Waals surface area contributed by atoms with E-state index >= 15 is 0 Å². The van der Waals surface area contributed by atoms with E-state index in [2.05, 4.69) is 10.3 Å². The summed E-state index contributed by atoms with van der Waals surface area (Å²) in [5.74, 6) is -0.177. The van der Waals surface area contributed by atoms with E-state index in [1.54, 1.807) is 11.4 Å². The molecule has 0 saturated carbocycles. The first kappa shape index (κ1) is 16.2. The fourth-order valence-electron chi connectivity index (χ4n) is 2.47. The summed E-state index contributed by atoms with van der Waals surface area (Å²) in [6.45, 7) is 0.594. The summed E-state index contributed by atoms with van der Waals surface area (Å²) in [4.78, 5) is 38.7. The minimum atomic E-state index is -0.483. The van der Waals surface area contributed by atoms with Gasteiger partial charge in [-0.25, -0.2) is 4.79 Å². The second-order valence-electron chi connectivity index (χ2n) is 5.39. The number of rotatable bonds is 6. The fraction of sp³-hybridized carbons (Fsp3) is 0.235. The van der Waals surface area contributed by atoms with Gasteiger partial charge in [0.05, 0.1) is 5.52 Å². The van der Waals surface area contributed by atoms with Crippen molar-refractivity contribution in [1.29, 1.82) is 0 Å². The lowest BCUT2D eigenvalue weighted by molar-refractivity contribution is -0.121. The molecule has 0 aliphatic carbocycles. The smallest absolute Gasteiger partial charge is 0.328 e. The fourth-order valence-corrected chi connectivity index (χ4v) is 3.26. The highest BCUT2D eigenvalue weighted by atomic mass is 32.1. The van der Waals surface area contributed by atoms with E-state index in [0.29, 0.717) is 16.8 Å². The monoisotopic (exact) mass is 343 g/mol. The zero-order chi connectivity index (χ0) is 16.9. The van der Waals surface area contributed by atoms with E-state index in [1.807, 2.05) is 30.3 Å². The van der Waals surface area contributed by atoms with Crippen molar-refractivity contribution in [2.45, 2.75) is 19.4 Å². The molecule has 6 nitrogen and oxygen atoms in total. The Morgan fingerprint density at radius 1 is 1.17 bits per heavy atom. The largest absolute Gasteiger partial charge is 0.356 e. The topological polar surface area (TPSA) is 84.0 Å². The van der Waals surface area contributed by atoms with E-state index in [1.165, 1.54) is 11.3 Å². The molecule has 0 bridgehead atoms. The molecule has 0 radical (unpaired) electrons. The van der Waals surface area contributed by atoms with Crippen LogP contribution in [0.1, 0.15) is 12.0 Å². The van der Waals surface area contributed by atoms with Crippen LogP contribution in [-0.2, 0) is 17.8 Å². The Kier molecular flexibility index (Phi) is 4.90. The standard InChI is InChI=1S/C17H17N3O3S/c21-14(18-9-6-12-4-2-1-3-5-12)7-10-20-16(22)15-13(8-11-24-15)19-17(20)23/h1-5,8,11H,6-7,9-10H2,(H,18,21)(H,19,23). The molecule has 0 spiro atoms. The number of thiophene rings is 1. The van der Waals surface area contributed by atoms with Gasteiger partial charge in [0.15, 0.2) is 0 Å². The van der Waals surface area contributed by atoms with Gasteiger partial charge in [-0.15, -0.1) is 11.3 Å². The second-order valence-corrected chi connectivity index (χ2v) is 6.30. The van der Waals surface area contributed by atoms with E-state index in [0.717, 1.165) is 16.6 Å². The first-order valence-electron chi connectivity index (χ1n) is 7.66. The lowest BCUT2D eigenvalue weighted by Gasteiger charge is -2.07. The van der Waals surface area contributed by atoms with Crippen molar-refractivity contribution in [2.24, 2.45) is 0 Å². The van der Waals surface area contributed by atoms with Crippen molar-refractivity contribution in [3.8, 4) is 0 Å². The molecule has 2 N–H and O–H groups in total. The van der Waals surface area contributed by atoms with Crippen molar-refractivity contribution < 1.29 is 4.79 Å². The summed E-state index contributed by atoms with van der Waals surface area (Å²) in [5, 5.41) is 4.56. The minimum absolute atomic E-state index is 0.0686. The molecule has 1 amide bonds. The quantitative estimate of drug-likeness (QED) is 0.711. The third-order valence-corrected chi connectivity index (χ3v) is 4.63. The summed E-state index contributed by atoms with van der Waals surface area (Å²) < 4.78 is 1.58. The number of hydrogen-bond donors (Lipinski definition) is 2. The summed E-state index contributed by atoms with van der Waals surface area (Å²) in [6, 6.07) is 11.6. The van der Waals surface area contributed by atoms with Gasteiger partial charge >= 0.3 is 5.69 Å². The Labute approximate surface area is 141 Å². The predicted octanol–water partition coefficient (Wildman–Crippen LogP) is 1.50. The number of carbonyl (C=O) groups excluding carboxylic acids is 1. The number of fused-ring (bicyclic) bond motifs is 1. The maximum absolute atomic E-state index is 12.2. The normalized spacial score (nSPS) is 10.8. The van der Waals surface area contributed by atoms with Crippen LogP contribution in [0.4, 0.5) is 0 Å². The van der Waals surface area contributed by atoms with Crippen LogP contribution in [0.25, 0.3) is 10.2 Å². The second kappa shape index (κ2) is 7.27. The molecule has 24 heavy (non-hydrogen) atoms. The van der Waals surface area contributed by atoms with Gasteiger partial charge in [-0.2, -0.15) is 0 Å². The number of hydrogen-bond acceptors (Lipinski definition) is 4. The summed E-state index contributed by atoms with van der Waals surface area (Å²) >= 11 is 1.28. The Hall–Kier alpha value is -2.67. The summed E-state index contributed by atoms with van der Waals surface area (Å²) in [7, 11) is 0. The molecule has 0 aliphatic rings. The number of aromatic nitrogens is 2. The third kappa shape index (κ3) is 3.62. The number of H-pyrrole nitrogens is 1. The zero-order valence-electron chi connectivity index (χ0n) is 13.0. The molecule has 0 fully saturated rings. The lowest BCUT2D eigenvalue weighted by atomic mass is 10.1. The Morgan fingerprint density at radius 3 is 2.75 bits per heavy atom. The van der Waals surface area contributed by atoms with Crippen LogP contribution in [0, 0.1) is 0 Å². The third-order valence-electron chi connectivity index (χ3n) is 3.73. The zero-order valence-corrected chi connectivity index (χ0v) is 13.8. The van der Waals surface area contributed by atoms with Gasteiger partial charge < -0.3 is 10.3 Å². The molecule has 124 valence electrons. The number of amides is 1. The van der Waals surface area contributed by atoms with Gasteiger partial charge in [0, 0.05) is 19.5 Å². The van der Waals surface area contributed by atoms with Crippen LogP contribution in [0.15, 0.2) is 51.4 Å². The molecule has 1 aromatic carbocycles. The molecular formula is C17H17N3O3S. The first-order chi connectivity index (χ1) is 11.6. The van der Waals surface area contributed by atoms with Crippen molar-refractivity contribution in [3.63, 3.8) is 0 Å². The van der Waals surface area contributed by atoms with E-state index < -0.39 is 5.69 Å². The minimum Gasteiger partial charge on any atom is -0.356 e. The van der Waals surface area contributed by atoms with Crippen molar-refractivity contribution in [3.05, 3.63) is 68.2 Å². The molecule has 3 aromatic rings. The molecule has 0 saturated heterocycles.